The summed E-state index contributed by atoms with van der Waals surface area (Å²) in [4.78, 5) is 22.2. The van der Waals surface area contributed by atoms with Gasteiger partial charge in [0.1, 0.15) is 6.67 Å². The first kappa shape index (κ1) is 27.7. The SMILES string of the molecule is CS(=O)(=O)c1ccc([C@@H](OC(=O)OCCCN)[C@@H](CF)NC(=O)C(Cl)Cl)cc1.Cl. The second-order valence-corrected chi connectivity index (χ2v) is 8.80. The van der Waals surface area contributed by atoms with Crippen LogP contribution in [0, 0.1) is 0 Å². The molecule has 8 nitrogen and oxygen atoms in total. The Bertz CT molecular complexity index is 764. The van der Waals surface area contributed by atoms with Gasteiger partial charge in [0.15, 0.2) is 20.8 Å². The Balaban J connectivity index is 0.00000784. The number of ether oxygens (including phenoxy) is 2. The van der Waals surface area contributed by atoms with E-state index in [0.717, 1.165) is 6.26 Å². The molecule has 1 amide bonds. The molecule has 166 valence electrons. The maximum atomic E-state index is 13.6. The molecular weight excluding hydrogens is 474 g/mol. The highest BCUT2D eigenvalue weighted by molar-refractivity contribution is 7.90. The molecule has 0 unspecified atom stereocenters. The molecule has 13 heteroatoms. The smallest absolute Gasteiger partial charge is 0.434 e. The quantitative estimate of drug-likeness (QED) is 0.290. The molecule has 0 heterocycles. The van der Waals surface area contributed by atoms with Crippen molar-refractivity contribution in [1.29, 1.82) is 0 Å². The van der Waals surface area contributed by atoms with Gasteiger partial charge in [0.2, 0.25) is 0 Å². The standard InChI is InChI=1S/C16H21Cl2FN2O6S.ClH/c1-28(24,25)11-5-3-10(4-6-11)13(27-16(23)26-8-2-7-20)12(9-19)21-15(22)14(17)18;/h3-6,12-14H,2,7-9,20H2,1H3,(H,21,22);1H/t12-,13-;/m1./s1. The third-order valence-corrected chi connectivity index (χ3v) is 5.01. The van der Waals surface area contributed by atoms with Crippen molar-refractivity contribution in [2.75, 3.05) is 26.1 Å². The monoisotopic (exact) mass is 494 g/mol. The van der Waals surface area contributed by atoms with Crippen molar-refractivity contribution < 1.29 is 31.9 Å². The van der Waals surface area contributed by atoms with E-state index in [1.54, 1.807) is 0 Å². The predicted octanol–water partition coefficient (Wildman–Crippen LogP) is 2.31. The van der Waals surface area contributed by atoms with Gasteiger partial charge >= 0.3 is 6.16 Å². The molecule has 0 bridgehead atoms. The zero-order valence-corrected chi connectivity index (χ0v) is 18.5. The summed E-state index contributed by atoms with van der Waals surface area (Å²) in [5.41, 5.74) is 5.53. The van der Waals surface area contributed by atoms with Crippen LogP contribution in [-0.2, 0) is 24.1 Å². The van der Waals surface area contributed by atoms with Gasteiger partial charge in [0, 0.05) is 6.26 Å². The van der Waals surface area contributed by atoms with Crippen molar-refractivity contribution >= 4 is 57.5 Å². The predicted molar refractivity (Wildman–Crippen MR) is 109 cm³/mol. The number of rotatable bonds is 10. The fourth-order valence-corrected chi connectivity index (χ4v) is 2.86. The van der Waals surface area contributed by atoms with Crippen LogP contribution in [0.5, 0.6) is 0 Å². The van der Waals surface area contributed by atoms with Gasteiger partial charge < -0.3 is 20.5 Å². The summed E-state index contributed by atoms with van der Waals surface area (Å²) >= 11 is 10.9. The lowest BCUT2D eigenvalue weighted by Gasteiger charge is -2.26. The summed E-state index contributed by atoms with van der Waals surface area (Å²) in [7, 11) is -3.46. The molecule has 0 fully saturated rings. The second kappa shape index (κ2) is 13.1. The largest absolute Gasteiger partial charge is 0.508 e. The van der Waals surface area contributed by atoms with Crippen molar-refractivity contribution in [3.05, 3.63) is 29.8 Å². The minimum atomic E-state index is -3.46. The highest BCUT2D eigenvalue weighted by atomic mass is 35.5. The van der Waals surface area contributed by atoms with Crippen LogP contribution in [0.3, 0.4) is 0 Å². The summed E-state index contributed by atoms with van der Waals surface area (Å²) in [6.45, 7) is -0.840. The number of carbonyl (C=O) groups is 2. The summed E-state index contributed by atoms with van der Waals surface area (Å²) < 4.78 is 46.8. The highest BCUT2D eigenvalue weighted by Gasteiger charge is 2.31. The molecular formula is C16H22Cl3FN2O6S. The minimum Gasteiger partial charge on any atom is -0.434 e. The molecule has 0 saturated heterocycles. The molecule has 0 aliphatic carbocycles. The van der Waals surface area contributed by atoms with Crippen LogP contribution >= 0.6 is 35.6 Å². The molecule has 0 aromatic heterocycles. The van der Waals surface area contributed by atoms with Crippen LogP contribution < -0.4 is 11.1 Å². The first-order chi connectivity index (χ1) is 13.1. The Morgan fingerprint density at radius 2 is 1.83 bits per heavy atom. The van der Waals surface area contributed by atoms with Crippen LogP contribution in [0.4, 0.5) is 9.18 Å². The lowest BCUT2D eigenvalue weighted by atomic mass is 10.0. The maximum Gasteiger partial charge on any atom is 0.508 e. The first-order valence-corrected chi connectivity index (χ1v) is 10.8. The van der Waals surface area contributed by atoms with Gasteiger partial charge in [-0.05, 0) is 30.7 Å². The number of nitrogens with two attached hydrogens (primary N) is 1. The summed E-state index contributed by atoms with van der Waals surface area (Å²) in [6, 6.07) is 3.87. The summed E-state index contributed by atoms with van der Waals surface area (Å²) in [6.07, 6.45) is -1.01. The second-order valence-electron chi connectivity index (χ2n) is 5.69. The molecule has 29 heavy (non-hydrogen) atoms. The topological polar surface area (TPSA) is 125 Å². The van der Waals surface area contributed by atoms with Crippen LogP contribution in [0.25, 0.3) is 0 Å². The summed E-state index contributed by atoms with van der Waals surface area (Å²) in [5, 5.41) is 2.23. The van der Waals surface area contributed by atoms with Gasteiger partial charge in [0.05, 0.1) is 17.5 Å². The molecule has 1 aromatic carbocycles. The van der Waals surface area contributed by atoms with E-state index in [1.807, 2.05) is 0 Å². The lowest BCUT2D eigenvalue weighted by Crippen LogP contribution is -2.44. The number of halogens is 4. The fraction of sp³-hybridized carbons (Fsp3) is 0.500. The van der Waals surface area contributed by atoms with Gasteiger partial charge in [-0.2, -0.15) is 0 Å². The molecule has 0 spiro atoms. The third-order valence-electron chi connectivity index (χ3n) is 3.49. The van der Waals surface area contributed by atoms with Crippen LogP contribution in [0.1, 0.15) is 18.1 Å². The van der Waals surface area contributed by atoms with E-state index in [9.17, 15) is 22.4 Å². The Labute approximate surface area is 184 Å². The molecule has 0 saturated carbocycles. The van der Waals surface area contributed by atoms with Gasteiger partial charge in [-0.15, -0.1) is 12.4 Å². The normalized spacial score (nSPS) is 13.2. The minimum absolute atomic E-state index is 0. The van der Waals surface area contributed by atoms with E-state index in [1.165, 1.54) is 24.3 Å². The van der Waals surface area contributed by atoms with E-state index < -0.39 is 45.6 Å². The molecule has 1 rings (SSSR count). The van der Waals surface area contributed by atoms with Crippen LogP contribution in [-0.4, -0.2) is 57.4 Å². The van der Waals surface area contributed by atoms with E-state index in [4.69, 9.17) is 38.4 Å². The highest BCUT2D eigenvalue weighted by Crippen LogP contribution is 2.25. The van der Waals surface area contributed by atoms with Crippen molar-refractivity contribution in [3.8, 4) is 0 Å². The molecule has 0 radical (unpaired) electrons. The van der Waals surface area contributed by atoms with Gasteiger partial charge in [-0.1, -0.05) is 35.3 Å². The van der Waals surface area contributed by atoms with Gasteiger partial charge in [-0.3, -0.25) is 4.79 Å². The average Bonchev–Trinajstić information content (AvgIpc) is 2.63. The maximum absolute atomic E-state index is 13.6. The number of benzene rings is 1. The zero-order valence-electron chi connectivity index (χ0n) is 15.3. The lowest BCUT2D eigenvalue weighted by molar-refractivity contribution is -0.121. The van der Waals surface area contributed by atoms with Crippen molar-refractivity contribution in [2.24, 2.45) is 5.73 Å². The number of amides is 1. The number of hydrogen-bond acceptors (Lipinski definition) is 7. The Morgan fingerprint density at radius 3 is 2.28 bits per heavy atom. The number of carbonyl (C=O) groups excluding carboxylic acids is 2. The molecule has 0 aliphatic rings. The van der Waals surface area contributed by atoms with Gasteiger partial charge in [-0.25, -0.2) is 17.6 Å². The average molecular weight is 496 g/mol. The first-order valence-electron chi connectivity index (χ1n) is 8.08. The van der Waals surface area contributed by atoms with E-state index in [-0.39, 0.29) is 29.5 Å². The zero-order chi connectivity index (χ0) is 21.3. The number of hydrogen-bond donors (Lipinski definition) is 2. The molecule has 1 aromatic rings. The Morgan fingerprint density at radius 1 is 1.24 bits per heavy atom. The number of nitrogens with one attached hydrogen (secondary N) is 1. The molecule has 3 N–H and O–H groups in total. The van der Waals surface area contributed by atoms with E-state index in [2.05, 4.69) is 5.32 Å². The summed E-state index contributed by atoms with van der Waals surface area (Å²) in [5.74, 6) is -0.885. The Hall–Kier alpha value is -1.33. The van der Waals surface area contributed by atoms with Crippen LogP contribution in [0.15, 0.2) is 29.2 Å². The molecule has 2 atom stereocenters. The fourth-order valence-electron chi connectivity index (χ4n) is 2.10. The Kier molecular flexibility index (Phi) is 12.5. The number of sulfone groups is 1. The molecule has 0 aliphatic heterocycles. The van der Waals surface area contributed by atoms with Crippen molar-refractivity contribution in [2.45, 2.75) is 28.3 Å². The number of alkyl halides is 3. The van der Waals surface area contributed by atoms with Crippen molar-refractivity contribution in [1.82, 2.24) is 5.32 Å². The van der Waals surface area contributed by atoms with E-state index in [0.29, 0.717) is 13.0 Å². The van der Waals surface area contributed by atoms with E-state index >= 15 is 0 Å². The van der Waals surface area contributed by atoms with Crippen molar-refractivity contribution in [3.63, 3.8) is 0 Å². The van der Waals surface area contributed by atoms with Gasteiger partial charge in [0.25, 0.3) is 5.91 Å². The third kappa shape index (κ3) is 9.35. The van der Waals surface area contributed by atoms with Crippen LogP contribution in [0.2, 0.25) is 0 Å².